The lowest BCUT2D eigenvalue weighted by atomic mass is 9.57. The second-order valence-corrected chi connectivity index (χ2v) is 10.2. The minimum atomic E-state index is -2.62. The number of fused-ring (bicyclic) bond motifs is 3. The second kappa shape index (κ2) is 8.67. The first-order chi connectivity index (χ1) is 17.9. The summed E-state index contributed by atoms with van der Waals surface area (Å²) >= 11 is 0. The molecular formula is C27H27N3O8. The van der Waals surface area contributed by atoms with Crippen molar-refractivity contribution in [2.24, 2.45) is 22.7 Å². The molecule has 1 fully saturated rings. The van der Waals surface area contributed by atoms with Gasteiger partial charge < -0.3 is 30.7 Å². The van der Waals surface area contributed by atoms with Crippen LogP contribution in [0.3, 0.4) is 0 Å². The van der Waals surface area contributed by atoms with Crippen molar-refractivity contribution in [1.29, 1.82) is 0 Å². The first kappa shape index (κ1) is 25.4. The van der Waals surface area contributed by atoms with E-state index in [-0.39, 0.29) is 24.2 Å². The van der Waals surface area contributed by atoms with E-state index in [9.17, 15) is 29.7 Å². The van der Waals surface area contributed by atoms with Crippen LogP contribution in [-0.4, -0.2) is 74.9 Å². The molecule has 11 nitrogen and oxygen atoms in total. The summed E-state index contributed by atoms with van der Waals surface area (Å²) in [6.07, 6.45) is 1.47. The van der Waals surface area contributed by atoms with Crippen LogP contribution in [0.4, 0.5) is 0 Å². The summed E-state index contributed by atoms with van der Waals surface area (Å²) in [5.74, 6) is -5.36. The number of likely N-dealkylation sites (N-methyl/N-ethyl adjacent to an activating group) is 1. The van der Waals surface area contributed by atoms with E-state index in [1.54, 1.807) is 39.2 Å². The summed E-state index contributed by atoms with van der Waals surface area (Å²) in [6.45, 7) is 1.76. The van der Waals surface area contributed by atoms with Gasteiger partial charge in [0.05, 0.1) is 6.04 Å². The van der Waals surface area contributed by atoms with E-state index in [4.69, 9.17) is 15.4 Å². The summed E-state index contributed by atoms with van der Waals surface area (Å²) in [5.41, 5.74) is 4.28. The molecule has 0 spiro atoms. The van der Waals surface area contributed by atoms with E-state index in [2.05, 4.69) is 5.16 Å². The summed E-state index contributed by atoms with van der Waals surface area (Å²) in [6, 6.07) is 5.78. The Morgan fingerprint density at radius 2 is 1.92 bits per heavy atom. The molecule has 198 valence electrons. The molecule has 1 aromatic heterocycles. The fourth-order valence-corrected chi connectivity index (χ4v) is 6.29. The second-order valence-electron chi connectivity index (χ2n) is 10.2. The molecule has 0 saturated heterocycles. The van der Waals surface area contributed by atoms with Gasteiger partial charge in [-0.2, -0.15) is 0 Å². The van der Waals surface area contributed by atoms with Crippen LogP contribution in [-0.2, 0) is 20.8 Å². The maximum absolute atomic E-state index is 13.9. The van der Waals surface area contributed by atoms with Crippen LogP contribution in [0.25, 0.3) is 17.1 Å². The van der Waals surface area contributed by atoms with E-state index in [0.29, 0.717) is 33.8 Å². The summed E-state index contributed by atoms with van der Waals surface area (Å²) in [4.78, 5) is 40.7. The first-order valence-corrected chi connectivity index (χ1v) is 12.0. The number of furan rings is 1. The van der Waals surface area contributed by atoms with E-state index >= 15 is 0 Å². The molecule has 0 aliphatic heterocycles. The van der Waals surface area contributed by atoms with Crippen molar-refractivity contribution >= 4 is 29.4 Å². The highest BCUT2D eigenvalue weighted by atomic mass is 16.4. The van der Waals surface area contributed by atoms with Gasteiger partial charge >= 0.3 is 0 Å². The molecule has 38 heavy (non-hydrogen) atoms. The number of nitrogens with two attached hydrogens (primary N) is 1. The lowest BCUT2D eigenvalue weighted by molar-refractivity contribution is -0.153. The predicted octanol–water partition coefficient (Wildman–Crippen LogP) is 1.63. The van der Waals surface area contributed by atoms with Crippen molar-refractivity contribution in [3.63, 3.8) is 0 Å². The van der Waals surface area contributed by atoms with Crippen molar-refractivity contribution in [2.45, 2.75) is 31.4 Å². The van der Waals surface area contributed by atoms with E-state index < -0.39 is 52.3 Å². The summed E-state index contributed by atoms with van der Waals surface area (Å²) in [5, 5.41) is 45.9. The van der Waals surface area contributed by atoms with Crippen LogP contribution in [0.15, 0.2) is 50.7 Å². The number of carbonyl (C=O) groups excluding carboxylic acids is 3. The van der Waals surface area contributed by atoms with Crippen LogP contribution in [0.2, 0.25) is 0 Å². The van der Waals surface area contributed by atoms with Crippen LogP contribution < -0.4 is 5.73 Å². The standard InChI is InChI=1S/C27H27N3O8/c1-11-4-6-14(17-7-5-13(38-17)10-29-37)15-8-12-9-16-21(30(2)3)23(32)20(26(28)35)25(34)27(16,36)24(33)19(12)22(31)18(11)15/h4-7,10,12,16,21,31,34,36-37H,8-9H2,1-3H3,(H2,28,35)/b29-10+/t12-,16-,21-,27-/m0/s1. The van der Waals surface area contributed by atoms with Crippen molar-refractivity contribution in [3.05, 3.63) is 63.6 Å². The number of aryl methyl sites for hydroxylation is 1. The number of benzene rings is 1. The van der Waals surface area contributed by atoms with Crippen molar-refractivity contribution < 1.29 is 39.3 Å². The van der Waals surface area contributed by atoms with Gasteiger partial charge in [-0.3, -0.25) is 19.3 Å². The smallest absolute Gasteiger partial charge is 0.255 e. The molecule has 3 aliphatic rings. The van der Waals surface area contributed by atoms with Crippen molar-refractivity contribution in [2.75, 3.05) is 14.1 Å². The van der Waals surface area contributed by atoms with Crippen LogP contribution in [0, 0.1) is 18.8 Å². The van der Waals surface area contributed by atoms with Crippen LogP contribution >= 0.6 is 0 Å². The SMILES string of the molecule is Cc1ccc(-c2ccc(/C=N/O)o2)c2c1C(O)=C1C(=O)[C@]3(O)C(O)=C(C(N)=O)C(=O)[C@@H](N(C)C)[C@@H]3C[C@@H]1C2. The van der Waals surface area contributed by atoms with Crippen molar-refractivity contribution in [1.82, 2.24) is 4.90 Å². The van der Waals surface area contributed by atoms with E-state index in [1.807, 2.05) is 6.07 Å². The van der Waals surface area contributed by atoms with Gasteiger partial charge in [0, 0.05) is 22.6 Å². The van der Waals surface area contributed by atoms with Gasteiger partial charge in [-0.1, -0.05) is 17.3 Å². The van der Waals surface area contributed by atoms with E-state index in [0.717, 1.165) is 6.21 Å². The Hall–Kier alpha value is -4.22. The summed E-state index contributed by atoms with van der Waals surface area (Å²) < 4.78 is 5.77. The number of aliphatic hydroxyl groups is 3. The van der Waals surface area contributed by atoms with Crippen LogP contribution in [0.5, 0.6) is 0 Å². The van der Waals surface area contributed by atoms with Gasteiger partial charge in [0.1, 0.15) is 34.8 Å². The largest absolute Gasteiger partial charge is 0.508 e. The number of primary amides is 1. The highest BCUT2D eigenvalue weighted by Gasteiger charge is 2.64. The number of carbonyl (C=O) groups is 3. The molecule has 1 aromatic carbocycles. The first-order valence-electron chi connectivity index (χ1n) is 12.0. The number of rotatable bonds is 4. The molecular weight excluding hydrogens is 494 g/mol. The Morgan fingerprint density at radius 1 is 1.21 bits per heavy atom. The maximum Gasteiger partial charge on any atom is 0.255 e. The number of Topliss-reactive ketones (excluding diaryl/α,β-unsaturated/α-hetero) is 2. The Balaban J connectivity index is 1.72. The average molecular weight is 522 g/mol. The molecule has 2 aromatic rings. The minimum Gasteiger partial charge on any atom is -0.508 e. The molecule has 11 heteroatoms. The zero-order valence-electron chi connectivity index (χ0n) is 20.9. The quantitative estimate of drug-likeness (QED) is 0.172. The maximum atomic E-state index is 13.9. The third kappa shape index (κ3) is 3.35. The number of nitrogens with zero attached hydrogens (tertiary/aromatic N) is 2. The molecule has 1 saturated carbocycles. The van der Waals surface area contributed by atoms with E-state index in [1.165, 1.54) is 4.90 Å². The Morgan fingerprint density at radius 3 is 2.55 bits per heavy atom. The zero-order chi connectivity index (χ0) is 27.7. The minimum absolute atomic E-state index is 0.0553. The Labute approximate surface area is 217 Å². The lowest BCUT2D eigenvalue weighted by Crippen LogP contribution is -2.65. The molecule has 0 radical (unpaired) electrons. The van der Waals surface area contributed by atoms with Gasteiger partial charge in [-0.15, -0.1) is 0 Å². The van der Waals surface area contributed by atoms with Gasteiger partial charge in [0.2, 0.25) is 5.78 Å². The van der Waals surface area contributed by atoms with Gasteiger partial charge in [0.25, 0.3) is 5.91 Å². The number of aliphatic hydroxyl groups excluding tert-OH is 2. The Bertz CT molecular complexity index is 1500. The predicted molar refractivity (Wildman–Crippen MR) is 134 cm³/mol. The molecule has 3 aliphatic carbocycles. The number of amides is 1. The lowest BCUT2D eigenvalue weighted by Gasteiger charge is -2.50. The molecule has 0 bridgehead atoms. The van der Waals surface area contributed by atoms with Gasteiger partial charge in [-0.05, 0) is 63.0 Å². The van der Waals surface area contributed by atoms with Gasteiger partial charge in [-0.25, -0.2) is 0 Å². The molecule has 1 heterocycles. The molecule has 5 rings (SSSR count). The average Bonchev–Trinajstić information content (AvgIpc) is 3.29. The van der Waals surface area contributed by atoms with Crippen LogP contribution in [0.1, 0.15) is 28.9 Å². The van der Waals surface area contributed by atoms with Gasteiger partial charge in [0.15, 0.2) is 11.4 Å². The fourth-order valence-electron chi connectivity index (χ4n) is 6.29. The monoisotopic (exact) mass is 521 g/mol. The number of hydrogen-bond donors (Lipinski definition) is 5. The topological polar surface area (TPSA) is 187 Å². The normalized spacial score (nSPS) is 27.1. The fraction of sp³-hybridized carbons (Fsp3) is 0.333. The molecule has 0 unspecified atom stereocenters. The third-order valence-corrected chi connectivity index (χ3v) is 7.91. The molecule has 6 N–H and O–H groups in total. The number of hydrogen-bond acceptors (Lipinski definition) is 10. The molecule has 4 atom stereocenters. The molecule has 1 amide bonds. The number of ketones is 2. The summed E-state index contributed by atoms with van der Waals surface area (Å²) in [7, 11) is 3.14. The third-order valence-electron chi connectivity index (χ3n) is 7.91. The highest BCUT2D eigenvalue weighted by molar-refractivity contribution is 6.24. The Kier molecular flexibility index (Phi) is 5.80. The highest BCUT2D eigenvalue weighted by Crippen LogP contribution is 2.53. The zero-order valence-corrected chi connectivity index (χ0v) is 20.9. The number of oxime groups is 1. The van der Waals surface area contributed by atoms with Crippen molar-refractivity contribution in [3.8, 4) is 11.3 Å².